The number of hydrogen-bond acceptors (Lipinski definition) is 4. The number of piperidine rings is 1. The summed E-state index contributed by atoms with van der Waals surface area (Å²) >= 11 is 0. The average molecular weight is 336 g/mol. The lowest BCUT2D eigenvalue weighted by atomic mass is 9.91. The fourth-order valence-corrected chi connectivity index (χ4v) is 4.26. The molecule has 1 saturated heterocycles. The van der Waals surface area contributed by atoms with E-state index in [1.165, 1.54) is 11.8 Å². The van der Waals surface area contributed by atoms with Crippen LogP contribution >= 0.6 is 0 Å². The summed E-state index contributed by atoms with van der Waals surface area (Å²) in [4.78, 5) is 4.65. The molecular formula is C16H24N4O2S. The number of imidazole rings is 1. The number of nitrogens with zero attached hydrogens (tertiary/aromatic N) is 3. The first-order chi connectivity index (χ1) is 10.9. The highest BCUT2D eigenvalue weighted by Gasteiger charge is 2.26. The Kier molecular flexibility index (Phi) is 4.33. The molecule has 0 aromatic carbocycles. The van der Waals surface area contributed by atoms with Gasteiger partial charge in [0.15, 0.2) is 0 Å². The molecular weight excluding hydrogens is 312 g/mol. The minimum atomic E-state index is -3.07. The molecule has 7 heteroatoms. The van der Waals surface area contributed by atoms with E-state index in [9.17, 15) is 8.42 Å². The number of pyridine rings is 1. The second-order valence-corrected chi connectivity index (χ2v) is 8.12. The van der Waals surface area contributed by atoms with E-state index in [4.69, 9.17) is 0 Å². The predicted octanol–water partition coefficient (Wildman–Crippen LogP) is 2.08. The molecule has 1 fully saturated rings. The number of fused-ring (bicyclic) bond motifs is 1. The number of nitrogens with one attached hydrogen (secondary N) is 1. The highest BCUT2D eigenvalue weighted by molar-refractivity contribution is 7.88. The van der Waals surface area contributed by atoms with Crippen LogP contribution in [0.1, 0.15) is 36.9 Å². The standard InChI is InChI=1S/C16H24N4O2S/c1-4-14-16(17-2)20-11-13(5-6-15(20)18-14)12-7-9-19(10-8-12)23(3,21)22/h5-6,11-12,17H,4,7-10H2,1-3H3. The Bertz CT molecular complexity index is 805. The first kappa shape index (κ1) is 16.3. The molecule has 0 unspecified atom stereocenters. The van der Waals surface area contributed by atoms with Crippen molar-refractivity contribution in [2.75, 3.05) is 31.7 Å². The van der Waals surface area contributed by atoms with E-state index < -0.39 is 10.0 Å². The lowest BCUT2D eigenvalue weighted by Crippen LogP contribution is -2.37. The summed E-state index contributed by atoms with van der Waals surface area (Å²) in [5.41, 5.74) is 3.27. The lowest BCUT2D eigenvalue weighted by Gasteiger charge is -2.30. The minimum absolute atomic E-state index is 0.398. The van der Waals surface area contributed by atoms with Gasteiger partial charge in [0.2, 0.25) is 10.0 Å². The van der Waals surface area contributed by atoms with Gasteiger partial charge in [-0.2, -0.15) is 0 Å². The first-order valence-corrected chi connectivity index (χ1v) is 9.92. The first-order valence-electron chi connectivity index (χ1n) is 8.07. The zero-order valence-electron chi connectivity index (χ0n) is 13.9. The molecule has 3 rings (SSSR count). The van der Waals surface area contributed by atoms with E-state index in [1.54, 1.807) is 4.31 Å². The molecule has 0 radical (unpaired) electrons. The zero-order valence-corrected chi connectivity index (χ0v) is 14.7. The highest BCUT2D eigenvalue weighted by atomic mass is 32.2. The van der Waals surface area contributed by atoms with Crippen molar-refractivity contribution in [2.45, 2.75) is 32.1 Å². The Morgan fingerprint density at radius 3 is 2.57 bits per heavy atom. The maximum atomic E-state index is 11.6. The van der Waals surface area contributed by atoms with Gasteiger partial charge in [-0.1, -0.05) is 13.0 Å². The summed E-state index contributed by atoms with van der Waals surface area (Å²) in [5, 5.41) is 3.24. The maximum absolute atomic E-state index is 11.6. The third-order valence-corrected chi connectivity index (χ3v) is 5.98. The Balaban J connectivity index is 1.87. The Labute approximate surface area is 137 Å². The van der Waals surface area contributed by atoms with Gasteiger partial charge >= 0.3 is 0 Å². The third-order valence-electron chi connectivity index (χ3n) is 4.68. The van der Waals surface area contributed by atoms with Crippen molar-refractivity contribution >= 4 is 21.5 Å². The summed E-state index contributed by atoms with van der Waals surface area (Å²) in [5.74, 6) is 1.44. The van der Waals surface area contributed by atoms with Crippen LogP contribution in [-0.4, -0.2) is 48.5 Å². The number of anilines is 1. The van der Waals surface area contributed by atoms with Gasteiger partial charge in [0, 0.05) is 26.3 Å². The van der Waals surface area contributed by atoms with Crippen molar-refractivity contribution in [2.24, 2.45) is 0 Å². The Morgan fingerprint density at radius 2 is 2.00 bits per heavy atom. The second-order valence-electron chi connectivity index (χ2n) is 6.14. The molecule has 2 aromatic rings. The Morgan fingerprint density at radius 1 is 1.30 bits per heavy atom. The van der Waals surface area contributed by atoms with Crippen LogP contribution in [0.4, 0.5) is 5.82 Å². The molecule has 6 nitrogen and oxygen atoms in total. The zero-order chi connectivity index (χ0) is 16.6. The van der Waals surface area contributed by atoms with Crippen LogP contribution in [0.5, 0.6) is 0 Å². The molecule has 0 spiro atoms. The minimum Gasteiger partial charge on any atom is -0.373 e. The van der Waals surface area contributed by atoms with Crippen LogP contribution in [0.15, 0.2) is 18.3 Å². The van der Waals surface area contributed by atoms with Crippen LogP contribution in [-0.2, 0) is 16.4 Å². The molecule has 3 heterocycles. The lowest BCUT2D eigenvalue weighted by molar-refractivity contribution is 0.321. The molecule has 1 aliphatic heterocycles. The third kappa shape index (κ3) is 3.07. The van der Waals surface area contributed by atoms with Crippen molar-refractivity contribution in [3.63, 3.8) is 0 Å². The summed E-state index contributed by atoms with van der Waals surface area (Å²) in [6, 6.07) is 4.18. The molecule has 23 heavy (non-hydrogen) atoms. The van der Waals surface area contributed by atoms with Crippen molar-refractivity contribution < 1.29 is 8.42 Å². The van der Waals surface area contributed by atoms with Gasteiger partial charge in [0.05, 0.1) is 11.9 Å². The molecule has 0 atom stereocenters. The van der Waals surface area contributed by atoms with E-state index >= 15 is 0 Å². The SMILES string of the molecule is CCc1nc2ccc(C3CCN(S(C)(=O)=O)CC3)cn2c1NC. The van der Waals surface area contributed by atoms with E-state index in [-0.39, 0.29) is 0 Å². The van der Waals surface area contributed by atoms with Crippen molar-refractivity contribution in [3.8, 4) is 0 Å². The van der Waals surface area contributed by atoms with E-state index in [0.717, 1.165) is 36.4 Å². The van der Waals surface area contributed by atoms with Crippen LogP contribution in [0.2, 0.25) is 0 Å². The van der Waals surface area contributed by atoms with Gasteiger partial charge in [0.1, 0.15) is 11.5 Å². The van der Waals surface area contributed by atoms with Crippen LogP contribution in [0, 0.1) is 0 Å². The van der Waals surface area contributed by atoms with Gasteiger partial charge in [0.25, 0.3) is 0 Å². The normalized spacial score (nSPS) is 17.7. The van der Waals surface area contributed by atoms with Gasteiger partial charge in [-0.15, -0.1) is 0 Å². The predicted molar refractivity (Wildman–Crippen MR) is 92.5 cm³/mol. The number of aromatic nitrogens is 2. The van der Waals surface area contributed by atoms with Crippen LogP contribution in [0.3, 0.4) is 0 Å². The summed E-state index contributed by atoms with van der Waals surface area (Å²) < 4.78 is 26.9. The monoisotopic (exact) mass is 336 g/mol. The van der Waals surface area contributed by atoms with E-state index in [1.807, 2.05) is 7.05 Å². The van der Waals surface area contributed by atoms with Crippen LogP contribution in [0.25, 0.3) is 5.65 Å². The van der Waals surface area contributed by atoms with Crippen molar-refractivity contribution in [3.05, 3.63) is 29.6 Å². The fourth-order valence-electron chi connectivity index (χ4n) is 3.38. The molecule has 0 saturated carbocycles. The molecule has 0 amide bonds. The average Bonchev–Trinajstić information content (AvgIpc) is 2.90. The molecule has 1 aliphatic rings. The summed E-state index contributed by atoms with van der Waals surface area (Å²) in [7, 11) is -1.15. The number of sulfonamides is 1. The molecule has 0 aliphatic carbocycles. The molecule has 1 N–H and O–H groups in total. The smallest absolute Gasteiger partial charge is 0.211 e. The van der Waals surface area contributed by atoms with Gasteiger partial charge in [-0.3, -0.25) is 4.40 Å². The highest BCUT2D eigenvalue weighted by Crippen LogP contribution is 2.30. The summed E-state index contributed by atoms with van der Waals surface area (Å²) in [6.07, 6.45) is 6.05. The fraction of sp³-hybridized carbons (Fsp3) is 0.562. The molecule has 126 valence electrons. The Hall–Kier alpha value is -1.60. The second kappa shape index (κ2) is 6.13. The van der Waals surface area contributed by atoms with Crippen molar-refractivity contribution in [1.29, 1.82) is 0 Å². The van der Waals surface area contributed by atoms with Gasteiger partial charge in [-0.25, -0.2) is 17.7 Å². The topological polar surface area (TPSA) is 66.7 Å². The summed E-state index contributed by atoms with van der Waals surface area (Å²) in [6.45, 7) is 3.31. The largest absolute Gasteiger partial charge is 0.373 e. The maximum Gasteiger partial charge on any atom is 0.211 e. The molecule has 2 aromatic heterocycles. The number of rotatable bonds is 4. The van der Waals surface area contributed by atoms with Gasteiger partial charge in [-0.05, 0) is 36.8 Å². The number of aryl methyl sites for hydroxylation is 1. The molecule has 0 bridgehead atoms. The van der Waals surface area contributed by atoms with E-state index in [0.29, 0.717) is 19.0 Å². The number of hydrogen-bond donors (Lipinski definition) is 1. The van der Waals surface area contributed by atoms with E-state index in [2.05, 4.69) is 40.0 Å². The van der Waals surface area contributed by atoms with Crippen molar-refractivity contribution in [1.82, 2.24) is 13.7 Å². The quantitative estimate of drug-likeness (QED) is 0.928. The van der Waals surface area contributed by atoms with Crippen LogP contribution < -0.4 is 5.32 Å². The van der Waals surface area contributed by atoms with Gasteiger partial charge < -0.3 is 5.32 Å².